The number of likely N-dealkylation sites (tertiary alicyclic amines) is 1. The average molecular weight is 636 g/mol. The van der Waals surface area contributed by atoms with Crippen LogP contribution in [0.2, 0.25) is 5.02 Å². The predicted octanol–water partition coefficient (Wildman–Crippen LogP) is 5.97. The van der Waals surface area contributed by atoms with Gasteiger partial charge in [-0.15, -0.1) is 24.9 Å². The normalized spacial score (nSPS) is 26.8. The molecular weight excluding hydrogens is 594 g/mol. The second kappa shape index (κ2) is 13.9. The topological polar surface area (TPSA) is 81.2 Å². The van der Waals surface area contributed by atoms with Gasteiger partial charge in [-0.2, -0.15) is 0 Å². The Hall–Kier alpha value is -3.07. The van der Waals surface area contributed by atoms with Crippen molar-refractivity contribution in [3.8, 4) is 0 Å². The number of fused-ring (bicyclic) bond motifs is 1. The molecule has 2 aromatic carbocycles. The number of carbonyl (C=O) groups excluding carboxylic acids is 3. The van der Waals surface area contributed by atoms with Crippen LogP contribution in [-0.4, -0.2) is 70.0 Å². The van der Waals surface area contributed by atoms with Gasteiger partial charge in [-0.1, -0.05) is 61.7 Å². The van der Waals surface area contributed by atoms with E-state index >= 15 is 0 Å². The number of para-hydroxylation sites is 1. The van der Waals surface area contributed by atoms with Crippen molar-refractivity contribution in [2.45, 2.75) is 55.1 Å². The molecule has 3 fully saturated rings. The van der Waals surface area contributed by atoms with Gasteiger partial charge >= 0.3 is 0 Å². The van der Waals surface area contributed by atoms with Crippen LogP contribution in [0.5, 0.6) is 0 Å². The molecule has 7 nitrogen and oxygen atoms in total. The summed E-state index contributed by atoms with van der Waals surface area (Å²) in [5, 5.41) is 9.76. The van der Waals surface area contributed by atoms with Crippen LogP contribution in [0, 0.1) is 17.8 Å². The van der Waals surface area contributed by atoms with E-state index in [-0.39, 0.29) is 42.0 Å². The number of aliphatic hydroxyl groups excluding tert-OH is 1. The molecule has 3 aliphatic rings. The van der Waals surface area contributed by atoms with Gasteiger partial charge < -0.3 is 19.8 Å². The Bertz CT molecular complexity index is 1370. The first-order chi connectivity index (χ1) is 21.3. The average Bonchev–Trinajstić information content (AvgIpc) is 3.62. The van der Waals surface area contributed by atoms with Gasteiger partial charge in [-0.3, -0.25) is 14.4 Å². The molecule has 44 heavy (non-hydrogen) atoms. The maximum absolute atomic E-state index is 14.8. The van der Waals surface area contributed by atoms with Crippen molar-refractivity contribution < 1.29 is 19.5 Å². The standard InChI is InChI=1S/C35H42ClN3O4S/c1-4-19-37(26-13-9-8-10-14-26)32(41)29-28-23-24(3)35(44-28)30(29)33(42)39(21-11-6-7-12-22-40)31(35)34(43)38(20-5-2)27-17-15-25(36)16-18-27/h4-5,8-10,13-18,24,28-31,40H,1-2,6-7,11-12,19-23H2,3H3/t24?,28-,29+,30+,31?,35?/m1/s1. The summed E-state index contributed by atoms with van der Waals surface area (Å²) in [5.74, 6) is -1.43. The lowest BCUT2D eigenvalue weighted by Gasteiger charge is -2.41. The summed E-state index contributed by atoms with van der Waals surface area (Å²) in [5.41, 5.74) is 1.46. The van der Waals surface area contributed by atoms with Crippen molar-refractivity contribution >= 4 is 52.5 Å². The van der Waals surface area contributed by atoms with Crippen LogP contribution in [0.4, 0.5) is 11.4 Å². The number of aliphatic hydroxyl groups is 1. The zero-order valence-corrected chi connectivity index (χ0v) is 26.9. The summed E-state index contributed by atoms with van der Waals surface area (Å²) in [4.78, 5) is 49.1. The lowest BCUT2D eigenvalue weighted by atomic mass is 9.65. The van der Waals surface area contributed by atoms with Gasteiger partial charge in [0.05, 0.1) is 16.6 Å². The van der Waals surface area contributed by atoms with Crippen LogP contribution >= 0.6 is 23.4 Å². The molecule has 2 bridgehead atoms. The molecule has 1 N–H and O–H groups in total. The summed E-state index contributed by atoms with van der Waals surface area (Å²) >= 11 is 7.86. The monoisotopic (exact) mass is 635 g/mol. The molecule has 3 unspecified atom stereocenters. The highest BCUT2D eigenvalue weighted by Crippen LogP contribution is 2.69. The minimum absolute atomic E-state index is 0.0595. The number of unbranched alkanes of at least 4 members (excludes halogenated alkanes) is 3. The summed E-state index contributed by atoms with van der Waals surface area (Å²) < 4.78 is -0.730. The third kappa shape index (κ3) is 5.72. The van der Waals surface area contributed by atoms with E-state index in [0.717, 1.165) is 24.9 Å². The maximum atomic E-state index is 14.8. The van der Waals surface area contributed by atoms with Crippen molar-refractivity contribution in [1.82, 2.24) is 4.90 Å². The number of thioether (sulfide) groups is 1. The lowest BCUT2D eigenvalue weighted by Crippen LogP contribution is -2.57. The Balaban J connectivity index is 1.55. The first-order valence-electron chi connectivity index (χ1n) is 15.5. The van der Waals surface area contributed by atoms with Gasteiger partial charge in [-0.05, 0) is 61.6 Å². The van der Waals surface area contributed by atoms with Crippen LogP contribution in [0.15, 0.2) is 79.9 Å². The van der Waals surface area contributed by atoms with Crippen molar-refractivity contribution in [2.24, 2.45) is 17.8 Å². The van der Waals surface area contributed by atoms with Gasteiger partial charge in [0, 0.05) is 47.9 Å². The number of rotatable bonds is 14. The Morgan fingerprint density at radius 1 is 0.977 bits per heavy atom. The molecule has 234 valence electrons. The summed E-state index contributed by atoms with van der Waals surface area (Å²) in [6, 6.07) is 15.9. The second-order valence-electron chi connectivity index (χ2n) is 12.0. The van der Waals surface area contributed by atoms with E-state index in [1.807, 2.05) is 42.5 Å². The quantitative estimate of drug-likeness (QED) is 0.204. The fraction of sp³-hybridized carbons (Fsp3) is 0.457. The molecule has 0 radical (unpaired) electrons. The van der Waals surface area contributed by atoms with E-state index in [0.29, 0.717) is 36.6 Å². The molecule has 3 heterocycles. The van der Waals surface area contributed by atoms with E-state index in [1.165, 1.54) is 0 Å². The first kappa shape index (κ1) is 32.3. The van der Waals surface area contributed by atoms with Crippen LogP contribution in [0.3, 0.4) is 0 Å². The van der Waals surface area contributed by atoms with E-state index in [2.05, 4.69) is 20.1 Å². The SMILES string of the molecule is C=CCN(C(=O)C1N(CCCCCCO)C(=O)[C@@H]2[C@@H](C(=O)N(CC=C)c3ccccc3)[C@H]3CC(C)C12S3)c1ccc(Cl)cc1. The number of hydrogen-bond acceptors (Lipinski definition) is 5. The zero-order valence-electron chi connectivity index (χ0n) is 25.3. The van der Waals surface area contributed by atoms with Crippen molar-refractivity contribution in [1.29, 1.82) is 0 Å². The highest BCUT2D eigenvalue weighted by Gasteiger charge is 2.76. The summed E-state index contributed by atoms with van der Waals surface area (Å²) in [6.07, 6.45) is 7.28. The van der Waals surface area contributed by atoms with Crippen molar-refractivity contribution in [3.63, 3.8) is 0 Å². The van der Waals surface area contributed by atoms with Gasteiger partial charge in [0.2, 0.25) is 11.8 Å². The maximum Gasteiger partial charge on any atom is 0.251 e. The Kier molecular flexibility index (Phi) is 10.2. The largest absolute Gasteiger partial charge is 0.396 e. The van der Waals surface area contributed by atoms with Crippen molar-refractivity contribution in [3.05, 3.63) is 84.9 Å². The number of halogens is 1. The highest BCUT2D eigenvalue weighted by atomic mass is 35.5. The fourth-order valence-corrected chi connectivity index (χ4v) is 10.1. The predicted molar refractivity (Wildman–Crippen MR) is 179 cm³/mol. The van der Waals surface area contributed by atoms with Gasteiger partial charge in [0.15, 0.2) is 0 Å². The van der Waals surface area contributed by atoms with Gasteiger partial charge in [-0.25, -0.2) is 0 Å². The number of carbonyl (C=O) groups is 3. The summed E-state index contributed by atoms with van der Waals surface area (Å²) in [7, 11) is 0. The molecule has 3 saturated heterocycles. The van der Waals surface area contributed by atoms with Crippen molar-refractivity contribution in [2.75, 3.05) is 36.0 Å². The van der Waals surface area contributed by atoms with Gasteiger partial charge in [0.1, 0.15) is 6.04 Å². The molecule has 0 saturated carbocycles. The Morgan fingerprint density at radius 3 is 2.23 bits per heavy atom. The molecular formula is C35H42ClN3O4S. The Labute approximate surface area is 269 Å². The van der Waals surface area contributed by atoms with Crippen LogP contribution in [-0.2, 0) is 14.4 Å². The minimum atomic E-state index is -0.730. The number of hydrogen-bond donors (Lipinski definition) is 1. The highest BCUT2D eigenvalue weighted by molar-refractivity contribution is 8.02. The minimum Gasteiger partial charge on any atom is -0.396 e. The Morgan fingerprint density at radius 2 is 1.59 bits per heavy atom. The second-order valence-corrected chi connectivity index (χ2v) is 14.0. The third-order valence-electron chi connectivity index (χ3n) is 9.43. The summed E-state index contributed by atoms with van der Waals surface area (Å²) in [6.45, 7) is 11.1. The van der Waals surface area contributed by atoms with E-state index < -0.39 is 22.6 Å². The number of amides is 3. The number of anilines is 2. The molecule has 3 amide bonds. The van der Waals surface area contributed by atoms with E-state index in [9.17, 15) is 19.5 Å². The molecule has 0 aliphatic carbocycles. The number of nitrogens with zero attached hydrogens (tertiary/aromatic N) is 3. The van der Waals surface area contributed by atoms with Gasteiger partial charge in [0.25, 0.3) is 5.91 Å². The van der Waals surface area contributed by atoms with E-state index in [1.54, 1.807) is 50.7 Å². The molecule has 0 aromatic heterocycles. The molecule has 5 rings (SSSR count). The van der Waals surface area contributed by atoms with Crippen LogP contribution < -0.4 is 9.80 Å². The molecule has 9 heteroatoms. The molecule has 3 aliphatic heterocycles. The zero-order chi connectivity index (χ0) is 31.4. The molecule has 2 aromatic rings. The molecule has 1 spiro atoms. The smallest absolute Gasteiger partial charge is 0.251 e. The van der Waals surface area contributed by atoms with Crippen LogP contribution in [0.1, 0.15) is 39.0 Å². The van der Waals surface area contributed by atoms with E-state index in [4.69, 9.17) is 11.6 Å². The first-order valence-corrected chi connectivity index (χ1v) is 16.8. The number of benzene rings is 2. The van der Waals surface area contributed by atoms with Crippen LogP contribution in [0.25, 0.3) is 0 Å². The lowest BCUT2D eigenvalue weighted by molar-refractivity contribution is -0.139. The fourth-order valence-electron chi connectivity index (χ4n) is 7.53. The third-order valence-corrected chi connectivity index (χ3v) is 11.8. The molecule has 6 atom stereocenters.